The zero-order valence-electron chi connectivity index (χ0n) is 20.6. The summed E-state index contributed by atoms with van der Waals surface area (Å²) in [6.07, 6.45) is 2.27. The van der Waals surface area contributed by atoms with Crippen molar-refractivity contribution in [1.29, 1.82) is 0 Å². The second-order valence-electron chi connectivity index (χ2n) is 8.80. The Morgan fingerprint density at radius 1 is 0.714 bits per heavy atom. The second kappa shape index (κ2) is 17.6. The van der Waals surface area contributed by atoms with Gasteiger partial charge in [0.2, 0.25) is 17.7 Å². The topological polar surface area (TPSA) is 240 Å². The van der Waals surface area contributed by atoms with Crippen molar-refractivity contribution in [3.8, 4) is 0 Å². The van der Waals surface area contributed by atoms with E-state index < -0.39 is 53.8 Å². The molecule has 35 heavy (non-hydrogen) atoms. The quantitative estimate of drug-likeness (QED) is 0.0963. The Morgan fingerprint density at radius 3 is 1.69 bits per heavy atom. The van der Waals surface area contributed by atoms with E-state index in [4.69, 9.17) is 22.3 Å². The predicted octanol–water partition coefficient (Wildman–Crippen LogP) is -1.37. The van der Waals surface area contributed by atoms with E-state index in [9.17, 15) is 29.1 Å². The summed E-state index contributed by atoms with van der Waals surface area (Å²) >= 11 is 0. The van der Waals surface area contributed by atoms with Crippen LogP contribution in [0.2, 0.25) is 0 Å². The molecule has 0 aromatic heterocycles. The zero-order chi connectivity index (χ0) is 27.0. The molecule has 11 N–H and O–H groups in total. The summed E-state index contributed by atoms with van der Waals surface area (Å²) in [6, 6.07) is -4.32. The van der Waals surface area contributed by atoms with Crippen LogP contribution in [0.15, 0.2) is 0 Å². The van der Waals surface area contributed by atoms with Crippen LogP contribution < -0.4 is 33.2 Å². The molecule has 3 amide bonds. The SMILES string of the molecule is CC(C)C(NC(=O)C(CCCCN)NC(=O)C(N)CCC(=O)O)C(=O)NC(CCCCN)C(=O)O. The summed E-state index contributed by atoms with van der Waals surface area (Å²) in [5.74, 6) is -4.64. The summed E-state index contributed by atoms with van der Waals surface area (Å²) < 4.78 is 0. The monoisotopic (exact) mass is 502 g/mol. The molecule has 13 heteroatoms. The van der Waals surface area contributed by atoms with E-state index in [0.29, 0.717) is 38.8 Å². The van der Waals surface area contributed by atoms with Crippen molar-refractivity contribution in [1.82, 2.24) is 16.0 Å². The molecule has 4 unspecified atom stereocenters. The van der Waals surface area contributed by atoms with Crippen molar-refractivity contribution in [3.05, 3.63) is 0 Å². The smallest absolute Gasteiger partial charge is 0.326 e. The number of hydrogen-bond acceptors (Lipinski definition) is 8. The fraction of sp³-hybridized carbons (Fsp3) is 0.773. The number of nitrogens with two attached hydrogens (primary N) is 3. The molecule has 0 aromatic rings. The second-order valence-corrected chi connectivity index (χ2v) is 8.80. The number of carboxylic acids is 2. The van der Waals surface area contributed by atoms with E-state index in [0.717, 1.165) is 0 Å². The third-order valence-electron chi connectivity index (χ3n) is 5.39. The van der Waals surface area contributed by atoms with Gasteiger partial charge in [-0.3, -0.25) is 19.2 Å². The number of carbonyl (C=O) groups excluding carboxylic acids is 3. The molecule has 0 heterocycles. The summed E-state index contributed by atoms with van der Waals surface area (Å²) in [5, 5.41) is 25.8. The Balaban J connectivity index is 5.36. The maximum atomic E-state index is 13.0. The first-order valence-electron chi connectivity index (χ1n) is 12.0. The number of amides is 3. The van der Waals surface area contributed by atoms with Gasteiger partial charge >= 0.3 is 11.9 Å². The molecule has 13 nitrogen and oxygen atoms in total. The van der Waals surface area contributed by atoms with Gasteiger partial charge in [0.1, 0.15) is 18.1 Å². The van der Waals surface area contributed by atoms with Gasteiger partial charge in [-0.15, -0.1) is 0 Å². The van der Waals surface area contributed by atoms with E-state index in [1.807, 2.05) is 0 Å². The van der Waals surface area contributed by atoms with Crippen molar-refractivity contribution in [2.24, 2.45) is 23.1 Å². The Kier molecular flexibility index (Phi) is 16.2. The van der Waals surface area contributed by atoms with Crippen molar-refractivity contribution in [2.45, 2.75) is 89.4 Å². The maximum absolute atomic E-state index is 13.0. The minimum Gasteiger partial charge on any atom is -0.481 e. The van der Waals surface area contributed by atoms with Crippen LogP contribution in [0.1, 0.15) is 65.2 Å². The Morgan fingerprint density at radius 2 is 1.23 bits per heavy atom. The van der Waals surface area contributed by atoms with Crippen LogP contribution in [0, 0.1) is 5.92 Å². The first kappa shape index (κ1) is 32.2. The van der Waals surface area contributed by atoms with Gasteiger partial charge in [0.25, 0.3) is 0 Å². The van der Waals surface area contributed by atoms with Gasteiger partial charge in [-0.05, 0) is 64.0 Å². The zero-order valence-corrected chi connectivity index (χ0v) is 20.6. The number of aliphatic carboxylic acids is 2. The van der Waals surface area contributed by atoms with E-state index in [1.165, 1.54) is 0 Å². The van der Waals surface area contributed by atoms with Gasteiger partial charge in [-0.2, -0.15) is 0 Å². The molecule has 0 saturated carbocycles. The molecule has 0 bridgehead atoms. The molecule has 0 aliphatic heterocycles. The van der Waals surface area contributed by atoms with E-state index in [2.05, 4.69) is 16.0 Å². The Labute approximate surface area is 205 Å². The summed E-state index contributed by atoms with van der Waals surface area (Å²) in [7, 11) is 0. The normalized spacial score (nSPS) is 14.5. The first-order chi connectivity index (χ1) is 16.4. The van der Waals surface area contributed by atoms with Crippen LogP contribution in [-0.4, -0.2) is 77.1 Å². The molecular formula is C22H42N6O7. The third-order valence-corrected chi connectivity index (χ3v) is 5.39. The molecule has 0 fully saturated rings. The van der Waals surface area contributed by atoms with Crippen LogP contribution in [0.4, 0.5) is 0 Å². The van der Waals surface area contributed by atoms with Gasteiger partial charge in [0.05, 0.1) is 6.04 Å². The van der Waals surface area contributed by atoms with Crippen LogP contribution in [0.25, 0.3) is 0 Å². The summed E-state index contributed by atoms with van der Waals surface area (Å²) in [5.41, 5.74) is 16.7. The number of hydrogen-bond donors (Lipinski definition) is 8. The fourth-order valence-electron chi connectivity index (χ4n) is 3.25. The number of nitrogens with one attached hydrogen (secondary N) is 3. The van der Waals surface area contributed by atoms with Gasteiger partial charge in [-0.25, -0.2) is 4.79 Å². The van der Waals surface area contributed by atoms with E-state index in [1.54, 1.807) is 13.8 Å². The van der Waals surface area contributed by atoms with E-state index >= 15 is 0 Å². The molecule has 0 aromatic carbocycles. The van der Waals surface area contributed by atoms with Crippen molar-refractivity contribution >= 4 is 29.7 Å². The molecule has 0 rings (SSSR count). The number of carbonyl (C=O) groups is 5. The number of unbranched alkanes of at least 4 members (excludes halogenated alkanes) is 2. The highest BCUT2D eigenvalue weighted by molar-refractivity contribution is 5.94. The lowest BCUT2D eigenvalue weighted by Crippen LogP contribution is -2.58. The minimum absolute atomic E-state index is 0.101. The van der Waals surface area contributed by atoms with Gasteiger partial charge in [0, 0.05) is 6.42 Å². The lowest BCUT2D eigenvalue weighted by molar-refractivity contribution is -0.143. The molecule has 0 aliphatic rings. The van der Waals surface area contributed by atoms with Gasteiger partial charge in [0.15, 0.2) is 0 Å². The number of rotatable bonds is 19. The predicted molar refractivity (Wildman–Crippen MR) is 129 cm³/mol. The molecule has 0 radical (unpaired) electrons. The van der Waals surface area contributed by atoms with Crippen LogP contribution in [0.3, 0.4) is 0 Å². The molecule has 4 atom stereocenters. The molecule has 202 valence electrons. The average molecular weight is 503 g/mol. The van der Waals surface area contributed by atoms with Crippen molar-refractivity contribution in [2.75, 3.05) is 13.1 Å². The number of carboxylic acid groups (broad SMARTS) is 2. The lowest BCUT2D eigenvalue weighted by Gasteiger charge is -2.27. The third kappa shape index (κ3) is 13.6. The maximum Gasteiger partial charge on any atom is 0.326 e. The van der Waals surface area contributed by atoms with Gasteiger partial charge in [-0.1, -0.05) is 13.8 Å². The molecule has 0 aliphatic carbocycles. The molecular weight excluding hydrogens is 460 g/mol. The van der Waals surface area contributed by atoms with Crippen molar-refractivity contribution in [3.63, 3.8) is 0 Å². The lowest BCUT2D eigenvalue weighted by atomic mass is 10.0. The molecule has 0 spiro atoms. The van der Waals surface area contributed by atoms with Gasteiger partial charge < -0.3 is 43.4 Å². The van der Waals surface area contributed by atoms with Crippen LogP contribution in [-0.2, 0) is 24.0 Å². The highest BCUT2D eigenvalue weighted by atomic mass is 16.4. The van der Waals surface area contributed by atoms with Crippen LogP contribution in [0.5, 0.6) is 0 Å². The molecule has 0 saturated heterocycles. The first-order valence-corrected chi connectivity index (χ1v) is 12.0. The minimum atomic E-state index is -1.19. The van der Waals surface area contributed by atoms with Crippen molar-refractivity contribution < 1.29 is 34.2 Å². The highest BCUT2D eigenvalue weighted by Crippen LogP contribution is 2.09. The average Bonchev–Trinajstić information content (AvgIpc) is 2.78. The van der Waals surface area contributed by atoms with E-state index in [-0.39, 0.29) is 31.6 Å². The summed E-state index contributed by atoms with van der Waals surface area (Å²) in [4.78, 5) is 60.5. The highest BCUT2D eigenvalue weighted by Gasteiger charge is 2.31. The summed E-state index contributed by atoms with van der Waals surface area (Å²) in [6.45, 7) is 4.18. The Hall–Kier alpha value is -2.77. The fourth-order valence-corrected chi connectivity index (χ4v) is 3.25. The Bertz CT molecular complexity index is 704. The van der Waals surface area contributed by atoms with Crippen LogP contribution >= 0.6 is 0 Å². The standard InChI is InChI=1S/C22H42N6O7/c1-13(2)18(21(33)27-16(22(34)35)8-4-6-12-24)28-20(32)15(7-3-5-11-23)26-19(31)14(25)9-10-17(29)30/h13-16,18H,3-12,23-25H2,1-2H3,(H,26,31)(H,27,33)(H,28,32)(H,29,30)(H,34,35). The largest absolute Gasteiger partial charge is 0.481 e.